The first kappa shape index (κ1) is 21.5. The summed E-state index contributed by atoms with van der Waals surface area (Å²) in [5.74, 6) is -0.0878. The van der Waals surface area contributed by atoms with E-state index in [4.69, 9.17) is 0 Å². The molecular formula is C23H31FO3. The van der Waals surface area contributed by atoms with Crippen molar-refractivity contribution in [2.24, 2.45) is 11.8 Å². The van der Waals surface area contributed by atoms with Gasteiger partial charge in [-0.2, -0.15) is 0 Å². The molecule has 2 unspecified atom stereocenters. The van der Waals surface area contributed by atoms with E-state index in [0.29, 0.717) is 12.3 Å². The molecular weight excluding hydrogens is 343 g/mol. The molecule has 0 aliphatic heterocycles. The van der Waals surface area contributed by atoms with Crippen LogP contribution >= 0.6 is 0 Å². The van der Waals surface area contributed by atoms with Crippen molar-refractivity contribution in [3.8, 4) is 0 Å². The summed E-state index contributed by atoms with van der Waals surface area (Å²) in [6.07, 6.45) is 8.91. The van der Waals surface area contributed by atoms with E-state index in [0.717, 1.165) is 12.3 Å². The molecule has 27 heavy (non-hydrogen) atoms. The topological polar surface area (TPSA) is 51.2 Å². The Hall–Kier alpha value is -1.84. The molecule has 0 amide bonds. The number of halogens is 1. The normalized spacial score (nSPS) is 19.7. The fourth-order valence-electron chi connectivity index (χ4n) is 4.37. The number of benzene rings is 1. The molecule has 2 atom stereocenters. The van der Waals surface area contributed by atoms with E-state index in [2.05, 4.69) is 6.92 Å². The number of hydrogen-bond donors (Lipinski definition) is 0. The number of carbonyl (C=O) groups is 3. The van der Waals surface area contributed by atoms with Gasteiger partial charge in [-0.1, -0.05) is 57.6 Å². The molecule has 0 spiro atoms. The maximum Gasteiger partial charge on any atom is 0.166 e. The zero-order chi connectivity index (χ0) is 19.8. The molecule has 4 heteroatoms. The molecule has 1 aromatic carbocycles. The van der Waals surface area contributed by atoms with Gasteiger partial charge in [0.25, 0.3) is 0 Å². The third-order valence-corrected chi connectivity index (χ3v) is 5.82. The first-order valence-corrected chi connectivity index (χ1v) is 10.3. The van der Waals surface area contributed by atoms with Crippen molar-refractivity contribution in [2.45, 2.75) is 78.1 Å². The van der Waals surface area contributed by atoms with E-state index in [1.54, 1.807) is 0 Å². The van der Waals surface area contributed by atoms with Gasteiger partial charge >= 0.3 is 0 Å². The Morgan fingerprint density at radius 1 is 1.00 bits per heavy atom. The summed E-state index contributed by atoms with van der Waals surface area (Å²) in [5.41, 5.74) is -0.0786. The van der Waals surface area contributed by atoms with Crippen LogP contribution in [-0.4, -0.2) is 17.3 Å². The lowest BCUT2D eigenvalue weighted by Gasteiger charge is -2.31. The van der Waals surface area contributed by atoms with E-state index in [9.17, 15) is 18.8 Å². The van der Waals surface area contributed by atoms with Gasteiger partial charge in [0, 0.05) is 24.8 Å². The highest BCUT2D eigenvalue weighted by Crippen LogP contribution is 2.36. The number of hydrogen-bond acceptors (Lipinski definition) is 3. The summed E-state index contributed by atoms with van der Waals surface area (Å²) in [5, 5.41) is 0. The number of rotatable bonds is 10. The number of ketones is 3. The molecule has 0 aromatic heterocycles. The van der Waals surface area contributed by atoms with Gasteiger partial charge in [0.2, 0.25) is 0 Å². The molecule has 1 saturated carbocycles. The second-order valence-corrected chi connectivity index (χ2v) is 7.81. The fourth-order valence-corrected chi connectivity index (χ4v) is 4.37. The highest BCUT2D eigenvalue weighted by molar-refractivity contribution is 6.08. The first-order valence-electron chi connectivity index (χ1n) is 10.3. The molecule has 0 N–H and O–H groups in total. The lowest BCUT2D eigenvalue weighted by Crippen LogP contribution is -2.20. The largest absolute Gasteiger partial charge is 0.300 e. The molecule has 1 fully saturated rings. The first-order chi connectivity index (χ1) is 12.9. The molecule has 148 valence electrons. The standard InChI is InChI=1S/C23H31FO3/c1-3-7-17-8-4-5-9-18(17)12-13-19(26)14-15-22(27)23-20(16(2)25)10-6-11-21(23)24/h6,10-11,17-18H,3-5,7-9,12-15H2,1-2H3. The molecule has 1 aliphatic carbocycles. The van der Waals surface area contributed by atoms with E-state index >= 15 is 0 Å². The second-order valence-electron chi connectivity index (χ2n) is 7.81. The highest BCUT2D eigenvalue weighted by Gasteiger charge is 2.25. The SMILES string of the molecule is CCCC1CCCCC1CCC(=O)CCC(=O)c1c(F)cccc1C(C)=O. The van der Waals surface area contributed by atoms with Gasteiger partial charge in [-0.05, 0) is 31.2 Å². The van der Waals surface area contributed by atoms with Crippen LogP contribution < -0.4 is 0 Å². The van der Waals surface area contributed by atoms with Crippen LogP contribution in [0.1, 0.15) is 98.8 Å². The number of carbonyl (C=O) groups excluding carboxylic acids is 3. The molecule has 2 rings (SSSR count). The lowest BCUT2D eigenvalue weighted by atomic mass is 9.74. The van der Waals surface area contributed by atoms with Crippen LogP contribution in [0.3, 0.4) is 0 Å². The second kappa shape index (κ2) is 10.5. The zero-order valence-electron chi connectivity index (χ0n) is 16.6. The summed E-state index contributed by atoms with van der Waals surface area (Å²) in [6.45, 7) is 3.52. The fraction of sp³-hybridized carbons (Fsp3) is 0.609. The van der Waals surface area contributed by atoms with Gasteiger partial charge < -0.3 is 0 Å². The van der Waals surface area contributed by atoms with Gasteiger partial charge in [-0.3, -0.25) is 14.4 Å². The van der Waals surface area contributed by atoms with Crippen LogP contribution in [0.4, 0.5) is 4.39 Å². The summed E-state index contributed by atoms with van der Waals surface area (Å²) < 4.78 is 14.0. The van der Waals surface area contributed by atoms with Gasteiger partial charge in [-0.15, -0.1) is 0 Å². The van der Waals surface area contributed by atoms with Crippen molar-refractivity contribution in [3.05, 3.63) is 35.1 Å². The minimum absolute atomic E-state index is 0.0386. The molecule has 1 aromatic rings. The molecule has 1 aliphatic rings. The molecule has 0 heterocycles. The summed E-state index contributed by atoms with van der Waals surface area (Å²) in [7, 11) is 0. The predicted molar refractivity (Wildman–Crippen MR) is 105 cm³/mol. The Morgan fingerprint density at radius 2 is 1.67 bits per heavy atom. The van der Waals surface area contributed by atoms with Crippen LogP contribution in [-0.2, 0) is 4.79 Å². The third-order valence-electron chi connectivity index (χ3n) is 5.82. The smallest absolute Gasteiger partial charge is 0.166 e. The maximum atomic E-state index is 14.0. The summed E-state index contributed by atoms with van der Waals surface area (Å²) in [6, 6.07) is 4.06. The Balaban J connectivity index is 1.87. The predicted octanol–water partition coefficient (Wildman–Crippen LogP) is 5.95. The zero-order valence-corrected chi connectivity index (χ0v) is 16.6. The van der Waals surface area contributed by atoms with E-state index < -0.39 is 11.6 Å². The van der Waals surface area contributed by atoms with E-state index in [1.165, 1.54) is 63.6 Å². The number of Topliss-reactive ketones (excluding diaryl/α,β-unsaturated/α-hetero) is 3. The van der Waals surface area contributed by atoms with Crippen molar-refractivity contribution in [2.75, 3.05) is 0 Å². The van der Waals surface area contributed by atoms with Crippen molar-refractivity contribution in [1.29, 1.82) is 0 Å². The summed E-state index contributed by atoms with van der Waals surface area (Å²) >= 11 is 0. The molecule has 0 bridgehead atoms. The van der Waals surface area contributed by atoms with Crippen molar-refractivity contribution < 1.29 is 18.8 Å². The van der Waals surface area contributed by atoms with E-state index in [1.807, 2.05) is 0 Å². The van der Waals surface area contributed by atoms with Crippen LogP contribution in [0, 0.1) is 17.7 Å². The van der Waals surface area contributed by atoms with Crippen LogP contribution in [0.2, 0.25) is 0 Å². The minimum atomic E-state index is -0.690. The van der Waals surface area contributed by atoms with Gasteiger partial charge in [0.15, 0.2) is 11.6 Å². The van der Waals surface area contributed by atoms with Crippen molar-refractivity contribution >= 4 is 17.3 Å². The Morgan fingerprint density at radius 3 is 2.30 bits per heavy atom. The van der Waals surface area contributed by atoms with E-state index in [-0.39, 0.29) is 35.5 Å². The average molecular weight is 374 g/mol. The minimum Gasteiger partial charge on any atom is -0.300 e. The van der Waals surface area contributed by atoms with Crippen LogP contribution in [0.25, 0.3) is 0 Å². The Kier molecular flexibility index (Phi) is 8.33. The monoisotopic (exact) mass is 374 g/mol. The van der Waals surface area contributed by atoms with Crippen LogP contribution in [0.15, 0.2) is 18.2 Å². The lowest BCUT2D eigenvalue weighted by molar-refractivity contribution is -0.119. The van der Waals surface area contributed by atoms with Crippen molar-refractivity contribution in [1.82, 2.24) is 0 Å². The maximum absolute atomic E-state index is 14.0. The Bertz CT molecular complexity index is 678. The summed E-state index contributed by atoms with van der Waals surface area (Å²) in [4.78, 5) is 36.3. The average Bonchev–Trinajstić information content (AvgIpc) is 2.65. The third kappa shape index (κ3) is 6.08. The van der Waals surface area contributed by atoms with Gasteiger partial charge in [0.1, 0.15) is 11.6 Å². The van der Waals surface area contributed by atoms with Gasteiger partial charge in [0.05, 0.1) is 5.56 Å². The molecule has 0 radical (unpaired) electrons. The molecule has 0 saturated heterocycles. The molecule has 3 nitrogen and oxygen atoms in total. The quantitative estimate of drug-likeness (QED) is 0.476. The highest BCUT2D eigenvalue weighted by atomic mass is 19.1. The van der Waals surface area contributed by atoms with Crippen LogP contribution in [0.5, 0.6) is 0 Å². The Labute approximate surface area is 161 Å². The van der Waals surface area contributed by atoms with Crippen molar-refractivity contribution in [3.63, 3.8) is 0 Å². The van der Waals surface area contributed by atoms with Gasteiger partial charge in [-0.25, -0.2) is 4.39 Å².